The molecule has 3 aromatic rings. The smallest absolute Gasteiger partial charge is 0.264 e. The lowest BCUT2D eigenvalue weighted by atomic mass is 10.2. The second kappa shape index (κ2) is 9.32. The molecule has 0 atom stereocenters. The Morgan fingerprint density at radius 2 is 1.83 bits per heavy atom. The highest BCUT2D eigenvalue weighted by atomic mass is 32.2. The summed E-state index contributed by atoms with van der Waals surface area (Å²) in [6, 6.07) is 17.0. The van der Waals surface area contributed by atoms with Gasteiger partial charge in [-0.2, -0.15) is 5.10 Å². The highest BCUT2D eigenvalue weighted by Gasteiger charge is 2.27. The van der Waals surface area contributed by atoms with Gasteiger partial charge in [-0.1, -0.05) is 35.9 Å². The van der Waals surface area contributed by atoms with Crippen molar-refractivity contribution in [3.63, 3.8) is 0 Å². The third kappa shape index (κ3) is 5.30. The molecule has 1 aromatic heterocycles. The lowest BCUT2D eigenvalue weighted by Crippen LogP contribution is -2.39. The SMILES string of the molecule is Cc1ccc(S(=O)(=O)N(CC(=O)N/N=C\c2cccnc2)c2cccc(C)c2)cc1. The first-order valence-electron chi connectivity index (χ1n) is 9.24. The van der Waals surface area contributed by atoms with Crippen LogP contribution in [0, 0.1) is 13.8 Å². The second-order valence-electron chi connectivity index (χ2n) is 6.74. The van der Waals surface area contributed by atoms with Crippen molar-refractivity contribution in [2.24, 2.45) is 5.10 Å². The predicted molar refractivity (Wildman–Crippen MR) is 117 cm³/mol. The summed E-state index contributed by atoms with van der Waals surface area (Å²) in [7, 11) is -3.95. The molecule has 0 aliphatic carbocycles. The number of nitrogens with one attached hydrogen (secondary N) is 1. The summed E-state index contributed by atoms with van der Waals surface area (Å²) in [5, 5.41) is 3.89. The van der Waals surface area contributed by atoms with E-state index in [1.807, 2.05) is 19.9 Å². The van der Waals surface area contributed by atoms with Crippen molar-refractivity contribution < 1.29 is 13.2 Å². The summed E-state index contributed by atoms with van der Waals surface area (Å²) in [5.74, 6) is -0.563. The lowest BCUT2D eigenvalue weighted by Gasteiger charge is -2.24. The van der Waals surface area contributed by atoms with Crippen LogP contribution in [0.1, 0.15) is 16.7 Å². The molecule has 0 radical (unpaired) electrons. The summed E-state index contributed by atoms with van der Waals surface area (Å²) >= 11 is 0. The van der Waals surface area contributed by atoms with E-state index in [0.717, 1.165) is 15.4 Å². The number of hydrogen-bond donors (Lipinski definition) is 1. The summed E-state index contributed by atoms with van der Waals surface area (Å²) < 4.78 is 27.7. The molecule has 0 aliphatic rings. The highest BCUT2D eigenvalue weighted by Crippen LogP contribution is 2.24. The van der Waals surface area contributed by atoms with Crippen LogP contribution in [0.4, 0.5) is 5.69 Å². The molecular formula is C22H22N4O3S. The molecule has 1 amide bonds. The number of nitrogens with zero attached hydrogens (tertiary/aromatic N) is 3. The maximum Gasteiger partial charge on any atom is 0.264 e. The van der Waals surface area contributed by atoms with Crippen LogP contribution in [-0.2, 0) is 14.8 Å². The topological polar surface area (TPSA) is 91.7 Å². The maximum absolute atomic E-state index is 13.3. The number of aryl methyl sites for hydroxylation is 2. The maximum atomic E-state index is 13.3. The number of carbonyl (C=O) groups excluding carboxylic acids is 1. The number of carbonyl (C=O) groups is 1. The zero-order chi connectivity index (χ0) is 21.6. The van der Waals surface area contributed by atoms with Crippen molar-refractivity contribution in [1.29, 1.82) is 0 Å². The van der Waals surface area contributed by atoms with Crippen LogP contribution in [0.5, 0.6) is 0 Å². The van der Waals surface area contributed by atoms with Gasteiger partial charge in [-0.15, -0.1) is 0 Å². The monoisotopic (exact) mass is 422 g/mol. The van der Waals surface area contributed by atoms with Crippen LogP contribution >= 0.6 is 0 Å². The van der Waals surface area contributed by atoms with E-state index in [0.29, 0.717) is 11.3 Å². The molecule has 0 unspecified atom stereocenters. The Morgan fingerprint density at radius 3 is 2.50 bits per heavy atom. The molecule has 1 heterocycles. The molecule has 0 saturated carbocycles. The van der Waals surface area contributed by atoms with Gasteiger partial charge in [0.1, 0.15) is 6.54 Å². The third-order valence-corrected chi connectivity index (χ3v) is 6.06. The third-order valence-electron chi connectivity index (χ3n) is 4.27. The van der Waals surface area contributed by atoms with Crippen molar-refractivity contribution >= 4 is 27.8 Å². The minimum atomic E-state index is -3.95. The zero-order valence-electron chi connectivity index (χ0n) is 16.7. The van der Waals surface area contributed by atoms with Gasteiger partial charge < -0.3 is 0 Å². The van der Waals surface area contributed by atoms with Gasteiger partial charge in [0.05, 0.1) is 16.8 Å². The number of benzene rings is 2. The predicted octanol–water partition coefficient (Wildman–Crippen LogP) is 3.04. The second-order valence-corrected chi connectivity index (χ2v) is 8.61. The fourth-order valence-electron chi connectivity index (χ4n) is 2.73. The minimum Gasteiger partial charge on any atom is -0.271 e. The van der Waals surface area contributed by atoms with E-state index in [4.69, 9.17) is 0 Å². The Morgan fingerprint density at radius 1 is 1.07 bits per heavy atom. The fraction of sp³-hybridized carbons (Fsp3) is 0.136. The number of hydrazone groups is 1. The van der Waals surface area contributed by atoms with E-state index in [9.17, 15) is 13.2 Å². The average molecular weight is 423 g/mol. The average Bonchev–Trinajstić information content (AvgIpc) is 2.73. The summed E-state index contributed by atoms with van der Waals surface area (Å²) in [6.07, 6.45) is 4.67. The molecule has 0 aliphatic heterocycles. The molecule has 0 spiro atoms. The van der Waals surface area contributed by atoms with E-state index in [2.05, 4.69) is 15.5 Å². The first kappa shape index (κ1) is 21.2. The van der Waals surface area contributed by atoms with Crippen molar-refractivity contribution in [1.82, 2.24) is 10.4 Å². The van der Waals surface area contributed by atoms with Crippen LogP contribution in [-0.4, -0.2) is 32.1 Å². The van der Waals surface area contributed by atoms with Gasteiger partial charge in [0.2, 0.25) is 0 Å². The van der Waals surface area contributed by atoms with E-state index in [-0.39, 0.29) is 4.90 Å². The minimum absolute atomic E-state index is 0.112. The van der Waals surface area contributed by atoms with Gasteiger partial charge in [-0.25, -0.2) is 13.8 Å². The molecule has 0 fully saturated rings. The molecular weight excluding hydrogens is 400 g/mol. The number of amides is 1. The van der Waals surface area contributed by atoms with Crippen LogP contribution in [0.2, 0.25) is 0 Å². The van der Waals surface area contributed by atoms with Crippen molar-refractivity contribution in [2.75, 3.05) is 10.8 Å². The molecule has 154 valence electrons. The van der Waals surface area contributed by atoms with Gasteiger partial charge in [0, 0.05) is 18.0 Å². The van der Waals surface area contributed by atoms with Crippen molar-refractivity contribution in [3.8, 4) is 0 Å². The fourth-order valence-corrected chi connectivity index (χ4v) is 4.15. The van der Waals surface area contributed by atoms with Gasteiger partial charge >= 0.3 is 0 Å². The Kier molecular flexibility index (Phi) is 6.58. The van der Waals surface area contributed by atoms with Gasteiger partial charge in [0.25, 0.3) is 15.9 Å². The van der Waals surface area contributed by atoms with Gasteiger partial charge in [-0.3, -0.25) is 14.1 Å². The first-order valence-corrected chi connectivity index (χ1v) is 10.7. The summed E-state index contributed by atoms with van der Waals surface area (Å²) in [4.78, 5) is 16.6. The molecule has 0 saturated heterocycles. The standard InChI is InChI=1S/C22H22N4O3S/c1-17-8-10-21(11-9-17)30(28,29)26(20-7-3-5-18(2)13-20)16-22(27)25-24-15-19-6-4-12-23-14-19/h3-15H,16H2,1-2H3,(H,25,27)/b24-15-. The van der Waals surface area contributed by atoms with Gasteiger partial charge in [0.15, 0.2) is 0 Å². The molecule has 8 heteroatoms. The molecule has 30 heavy (non-hydrogen) atoms. The Balaban J connectivity index is 1.85. The molecule has 2 aromatic carbocycles. The number of pyridine rings is 1. The highest BCUT2D eigenvalue weighted by molar-refractivity contribution is 7.92. The van der Waals surface area contributed by atoms with Gasteiger partial charge in [-0.05, 0) is 49.7 Å². The number of aromatic nitrogens is 1. The van der Waals surface area contributed by atoms with E-state index >= 15 is 0 Å². The quantitative estimate of drug-likeness (QED) is 0.468. The molecule has 3 rings (SSSR count). The van der Waals surface area contributed by atoms with E-state index in [1.54, 1.807) is 54.9 Å². The van der Waals surface area contributed by atoms with Crippen LogP contribution < -0.4 is 9.73 Å². The van der Waals surface area contributed by atoms with Crippen molar-refractivity contribution in [2.45, 2.75) is 18.7 Å². The van der Waals surface area contributed by atoms with E-state index < -0.39 is 22.5 Å². The largest absolute Gasteiger partial charge is 0.271 e. The van der Waals surface area contributed by atoms with E-state index in [1.165, 1.54) is 18.3 Å². The Bertz CT molecular complexity index is 1140. The molecule has 7 nitrogen and oxygen atoms in total. The summed E-state index contributed by atoms with van der Waals surface area (Å²) in [5.41, 5.74) is 5.31. The lowest BCUT2D eigenvalue weighted by molar-refractivity contribution is -0.119. The number of hydrogen-bond acceptors (Lipinski definition) is 5. The van der Waals surface area contributed by atoms with Crippen LogP contribution in [0.15, 0.2) is 83.1 Å². The molecule has 0 bridgehead atoms. The number of sulfonamides is 1. The Hall–Kier alpha value is -3.52. The molecule has 1 N–H and O–H groups in total. The number of rotatable bonds is 7. The van der Waals surface area contributed by atoms with Crippen molar-refractivity contribution in [3.05, 3.63) is 89.7 Å². The van der Waals surface area contributed by atoms with Crippen LogP contribution in [0.3, 0.4) is 0 Å². The number of anilines is 1. The summed E-state index contributed by atoms with van der Waals surface area (Å²) in [6.45, 7) is 3.32. The zero-order valence-corrected chi connectivity index (χ0v) is 17.5. The van der Waals surface area contributed by atoms with Crippen LogP contribution in [0.25, 0.3) is 0 Å². The first-order chi connectivity index (χ1) is 14.4. The normalized spacial score (nSPS) is 11.4. The Labute approximate surface area is 176 Å².